The Hall–Kier alpha value is -3.08. The molecule has 2 saturated carbocycles. The summed E-state index contributed by atoms with van der Waals surface area (Å²) < 4.78 is 11.8. The number of hydrogen-bond acceptors (Lipinski definition) is 0. The average molecular weight is 619 g/mol. The van der Waals surface area contributed by atoms with Crippen molar-refractivity contribution in [1.29, 1.82) is 0 Å². The second-order valence-electron chi connectivity index (χ2n) is 18.3. The summed E-state index contributed by atoms with van der Waals surface area (Å²) in [4.78, 5) is 0. The molecule has 0 atom stereocenters. The molecule has 1 aromatic carbocycles. The highest BCUT2D eigenvalue weighted by molar-refractivity contribution is 7.00. The molecule has 5 aromatic rings. The molecule has 0 unspecified atom stereocenters. The third kappa shape index (κ3) is 2.78. The van der Waals surface area contributed by atoms with Gasteiger partial charge in [-0.15, -0.1) is 0 Å². The molecule has 4 bridgehead atoms. The van der Waals surface area contributed by atoms with Gasteiger partial charge in [-0.25, -0.2) is 0 Å². The van der Waals surface area contributed by atoms with Gasteiger partial charge in [0.1, 0.15) is 11.3 Å². The molecule has 238 valence electrons. The van der Waals surface area contributed by atoms with Crippen LogP contribution in [0, 0.1) is 0 Å². The lowest BCUT2D eigenvalue weighted by molar-refractivity contribution is 0.342. The number of nitrogens with zero attached hydrogens (tertiary/aromatic N) is 4. The molecule has 0 amide bonds. The number of fused-ring (bicyclic) bond motifs is 14. The topological polar surface area (TPSA) is 18.7 Å². The van der Waals surface area contributed by atoms with Gasteiger partial charge >= 0.3 is 0 Å². The van der Waals surface area contributed by atoms with Gasteiger partial charge in [0.15, 0.2) is 0 Å². The third-order valence-corrected chi connectivity index (χ3v) is 15.2. The van der Waals surface area contributed by atoms with Gasteiger partial charge in [0.2, 0.25) is 0 Å². The highest BCUT2D eigenvalue weighted by Crippen LogP contribution is 2.55. The number of imidazole rings is 2. The molecule has 5 heteroatoms. The summed E-state index contributed by atoms with van der Waals surface area (Å²) in [7, 11) is 0. The van der Waals surface area contributed by atoms with Crippen molar-refractivity contribution in [2.24, 2.45) is 0 Å². The zero-order valence-corrected chi connectivity index (χ0v) is 28.6. The average Bonchev–Trinajstić information content (AvgIpc) is 3.84. The van der Waals surface area contributed by atoms with Crippen LogP contribution in [0.4, 0.5) is 0 Å². The summed E-state index contributed by atoms with van der Waals surface area (Å²) in [6, 6.07) is 5.41. The zero-order chi connectivity index (χ0) is 30.7. The van der Waals surface area contributed by atoms with Crippen molar-refractivity contribution < 1.29 is 0 Å². The van der Waals surface area contributed by atoms with E-state index in [4.69, 9.17) is 0 Å². The second-order valence-corrected chi connectivity index (χ2v) is 18.3. The molecule has 4 nitrogen and oxygen atoms in total. The molecule has 47 heavy (non-hydrogen) atoms. The van der Waals surface area contributed by atoms with Gasteiger partial charge in [0, 0.05) is 69.2 Å². The van der Waals surface area contributed by atoms with Crippen LogP contribution < -0.4 is 16.4 Å². The summed E-state index contributed by atoms with van der Waals surface area (Å²) in [5.74, 6) is 2.92. The third-order valence-electron chi connectivity index (χ3n) is 15.2. The van der Waals surface area contributed by atoms with Crippen LogP contribution in [0.2, 0.25) is 0 Å². The van der Waals surface area contributed by atoms with Crippen LogP contribution in [0.5, 0.6) is 0 Å². The van der Waals surface area contributed by atoms with Crippen LogP contribution in [0.3, 0.4) is 0 Å². The number of aryl methyl sites for hydroxylation is 2. The molecular weight excluding hydrogens is 571 g/mol. The summed E-state index contributed by atoms with van der Waals surface area (Å²) in [5, 5.41) is 0. The Morgan fingerprint density at radius 1 is 0.532 bits per heavy atom. The predicted molar refractivity (Wildman–Crippen MR) is 192 cm³/mol. The Kier molecular flexibility index (Phi) is 4.51. The van der Waals surface area contributed by atoms with E-state index in [1.54, 1.807) is 84.3 Å². The Morgan fingerprint density at radius 3 is 1.36 bits per heavy atom. The van der Waals surface area contributed by atoms with Crippen molar-refractivity contribution in [3.05, 3.63) is 63.0 Å². The van der Waals surface area contributed by atoms with Gasteiger partial charge in [-0.1, -0.05) is 20.8 Å². The van der Waals surface area contributed by atoms with Crippen LogP contribution >= 0.6 is 0 Å². The highest BCUT2D eigenvalue weighted by Gasteiger charge is 2.52. The van der Waals surface area contributed by atoms with Crippen molar-refractivity contribution in [1.82, 2.24) is 17.9 Å². The van der Waals surface area contributed by atoms with Gasteiger partial charge in [-0.05, 0) is 153 Å². The fourth-order valence-corrected chi connectivity index (χ4v) is 13.4. The lowest BCUT2D eigenvalue weighted by Gasteiger charge is -2.40. The molecule has 2 aliphatic heterocycles. The first kappa shape index (κ1) is 25.9. The van der Waals surface area contributed by atoms with E-state index in [0.717, 1.165) is 23.7 Å². The number of hydrogen-bond donors (Lipinski definition) is 0. The number of aromatic nitrogens is 4. The van der Waals surface area contributed by atoms with Crippen LogP contribution in [-0.2, 0) is 31.1 Å². The first-order valence-electron chi connectivity index (χ1n) is 19.8. The first-order chi connectivity index (χ1) is 23.0. The molecule has 15 rings (SSSR count). The molecule has 8 aliphatic carbocycles. The summed E-state index contributed by atoms with van der Waals surface area (Å²) >= 11 is 0. The number of benzene rings is 1. The van der Waals surface area contributed by atoms with Gasteiger partial charge in [0.25, 0.3) is 6.71 Å². The molecule has 0 radical (unpaired) electrons. The largest absolute Gasteiger partial charge is 0.302 e. The Labute approximate surface area is 278 Å². The van der Waals surface area contributed by atoms with Crippen LogP contribution in [0.25, 0.3) is 22.7 Å². The lowest BCUT2D eigenvalue weighted by atomic mass is 9.33. The van der Waals surface area contributed by atoms with Crippen molar-refractivity contribution in [3.63, 3.8) is 0 Å². The summed E-state index contributed by atoms with van der Waals surface area (Å²) in [6.07, 6.45) is 21.7. The molecule has 2 fully saturated rings. The van der Waals surface area contributed by atoms with Crippen molar-refractivity contribution in [2.75, 3.05) is 0 Å². The summed E-state index contributed by atoms with van der Waals surface area (Å²) in [5.41, 5.74) is 27.1. The van der Waals surface area contributed by atoms with Gasteiger partial charge in [-0.3, -0.25) is 9.13 Å². The fourth-order valence-electron chi connectivity index (χ4n) is 13.4. The Bertz CT molecular complexity index is 2130. The van der Waals surface area contributed by atoms with E-state index < -0.39 is 0 Å². The van der Waals surface area contributed by atoms with E-state index in [9.17, 15) is 0 Å². The molecule has 0 saturated heterocycles. The van der Waals surface area contributed by atoms with Crippen LogP contribution in [-0.4, -0.2) is 24.6 Å². The first-order valence-corrected chi connectivity index (χ1v) is 19.8. The van der Waals surface area contributed by atoms with Crippen molar-refractivity contribution in [3.8, 4) is 11.4 Å². The number of rotatable bonds is 0. The van der Waals surface area contributed by atoms with Gasteiger partial charge < -0.3 is 8.80 Å². The van der Waals surface area contributed by atoms with Gasteiger partial charge in [-0.2, -0.15) is 0 Å². The molecule has 0 spiro atoms. The van der Waals surface area contributed by atoms with Gasteiger partial charge in [0.05, 0.1) is 0 Å². The smallest absolute Gasteiger partial charge is 0.257 e. The predicted octanol–water partition coefficient (Wildman–Crippen LogP) is 7.48. The SMILES string of the molecule is CC(C)(C)c1cc2c3c(c1)-n1c4c(n5c6c(c(c15)B3c1c3c(n5c7c(n-2c15)C1CCC7CC1)CCCC3)CCCC6)C1CCC4CC1. The Balaban J connectivity index is 1.27. The monoisotopic (exact) mass is 618 g/mol. The molecule has 4 aromatic heterocycles. The lowest BCUT2D eigenvalue weighted by Crippen LogP contribution is -2.61. The van der Waals surface area contributed by atoms with E-state index in [1.807, 2.05) is 0 Å². The maximum absolute atomic E-state index is 2.94. The maximum Gasteiger partial charge on any atom is 0.257 e. The molecular formula is C42H47BN4. The van der Waals surface area contributed by atoms with Crippen LogP contribution in [0.15, 0.2) is 12.1 Å². The molecule has 10 aliphatic rings. The quantitative estimate of drug-likeness (QED) is 0.157. The maximum atomic E-state index is 2.94. The second kappa shape index (κ2) is 8.20. The van der Waals surface area contributed by atoms with E-state index in [2.05, 4.69) is 50.8 Å². The standard InChI is InChI=1S/C42H47BN4/c1-42(2,3)26-20-31-35-32(21-26)47-39-25-18-14-23(15-19-25)37(39)45-30-11-7-5-9-28(30)34(41(45)47)43(35)33-27-8-4-6-10-29(27)44-36-22-12-16-24(17-13-22)38(36)46(31)40(33)44/h20-25H,4-19H2,1-3H3. The van der Waals surface area contributed by atoms with E-state index in [1.165, 1.54) is 108 Å². The Morgan fingerprint density at radius 2 is 0.936 bits per heavy atom. The highest BCUT2D eigenvalue weighted by atomic mass is 15.2. The molecule has 6 heterocycles. The summed E-state index contributed by atoms with van der Waals surface area (Å²) in [6.45, 7) is 7.75. The van der Waals surface area contributed by atoms with E-state index in [-0.39, 0.29) is 5.41 Å². The minimum absolute atomic E-state index is 0.0923. The van der Waals surface area contributed by atoms with E-state index >= 15 is 0 Å². The van der Waals surface area contributed by atoms with Crippen molar-refractivity contribution in [2.45, 2.75) is 153 Å². The molecule has 0 N–H and O–H groups in total. The van der Waals surface area contributed by atoms with Crippen molar-refractivity contribution >= 4 is 34.4 Å². The zero-order valence-electron chi connectivity index (χ0n) is 28.6. The minimum atomic E-state index is 0.0923. The van der Waals surface area contributed by atoms with E-state index in [0.29, 0.717) is 6.71 Å². The normalized spacial score (nSPS) is 27.3. The fraction of sp³-hybridized carbons (Fsp3) is 0.571. The van der Waals surface area contributed by atoms with Crippen LogP contribution in [0.1, 0.15) is 172 Å². The minimum Gasteiger partial charge on any atom is -0.302 e.